The summed E-state index contributed by atoms with van der Waals surface area (Å²) in [6.07, 6.45) is 7.54. The minimum Gasteiger partial charge on any atom is -0.346 e. The Labute approximate surface area is 128 Å². The highest BCUT2D eigenvalue weighted by Crippen LogP contribution is 2.34. The number of fused-ring (bicyclic) bond motifs is 3. The number of pyridine rings is 2. The van der Waals surface area contributed by atoms with Crippen LogP contribution in [0.5, 0.6) is 0 Å². The predicted molar refractivity (Wildman–Crippen MR) is 85.2 cm³/mol. The van der Waals surface area contributed by atoms with Crippen molar-refractivity contribution in [3.8, 4) is 0 Å². The number of H-pyrrole nitrogens is 1. The summed E-state index contributed by atoms with van der Waals surface area (Å²) in [7, 11) is -3.14. The van der Waals surface area contributed by atoms with Crippen LogP contribution >= 0.6 is 0 Å². The third-order valence-corrected chi connectivity index (χ3v) is 5.62. The maximum atomic E-state index is 11.7. The Hall–Kier alpha value is -1.99. The summed E-state index contributed by atoms with van der Waals surface area (Å²) < 4.78 is 25.0. The molecule has 0 bridgehead atoms. The number of nitrogens with zero attached hydrogens (tertiary/aromatic N) is 3. The van der Waals surface area contributed by atoms with E-state index in [4.69, 9.17) is 0 Å². The fourth-order valence-corrected chi connectivity index (χ4v) is 4.15. The molecule has 1 saturated heterocycles. The number of aromatic nitrogens is 3. The molecule has 1 N–H and O–H groups in total. The fraction of sp³-hybridized carbons (Fsp3) is 0.333. The van der Waals surface area contributed by atoms with E-state index in [1.165, 1.54) is 10.6 Å². The molecule has 4 rings (SSSR count). The summed E-state index contributed by atoms with van der Waals surface area (Å²) in [5.41, 5.74) is 1.80. The van der Waals surface area contributed by atoms with Gasteiger partial charge >= 0.3 is 0 Å². The molecular weight excluding hydrogens is 300 g/mol. The molecule has 0 radical (unpaired) electrons. The van der Waals surface area contributed by atoms with Crippen LogP contribution in [0.3, 0.4) is 0 Å². The Bertz CT molecular complexity index is 964. The van der Waals surface area contributed by atoms with Gasteiger partial charge in [0.25, 0.3) is 0 Å². The predicted octanol–water partition coefficient (Wildman–Crippen LogP) is 1.86. The Morgan fingerprint density at radius 2 is 2.18 bits per heavy atom. The van der Waals surface area contributed by atoms with E-state index in [0.717, 1.165) is 33.9 Å². The normalized spacial score (nSPS) is 20.1. The van der Waals surface area contributed by atoms with Gasteiger partial charge in [-0.05, 0) is 18.6 Å². The molecule has 0 amide bonds. The summed E-state index contributed by atoms with van der Waals surface area (Å²) in [4.78, 5) is 12.1. The summed E-state index contributed by atoms with van der Waals surface area (Å²) in [5.74, 6) is 0.124. The molecule has 1 atom stereocenters. The lowest BCUT2D eigenvalue weighted by Crippen LogP contribution is -2.27. The number of hydrogen-bond acceptors (Lipinski definition) is 4. The van der Waals surface area contributed by atoms with Crippen molar-refractivity contribution < 1.29 is 8.42 Å². The summed E-state index contributed by atoms with van der Waals surface area (Å²) in [6.45, 7) is 1.06. The Kier molecular flexibility index (Phi) is 2.95. The number of nitrogens with one attached hydrogen (secondary N) is 1. The lowest BCUT2D eigenvalue weighted by Gasteiger charge is -2.14. The zero-order valence-electron chi connectivity index (χ0n) is 12.2. The first-order valence-electron chi connectivity index (χ1n) is 7.20. The molecular formula is C15H16N4O2S. The monoisotopic (exact) mass is 316 g/mol. The van der Waals surface area contributed by atoms with Gasteiger partial charge in [0, 0.05) is 53.8 Å². The molecule has 3 aromatic rings. The summed E-state index contributed by atoms with van der Waals surface area (Å²) in [6, 6.07) is 3.95. The van der Waals surface area contributed by atoms with Crippen LogP contribution in [0.4, 0.5) is 0 Å². The van der Waals surface area contributed by atoms with Crippen LogP contribution < -0.4 is 0 Å². The van der Waals surface area contributed by atoms with Crippen molar-refractivity contribution in [2.75, 3.05) is 19.3 Å². The van der Waals surface area contributed by atoms with Crippen LogP contribution in [-0.2, 0) is 10.0 Å². The van der Waals surface area contributed by atoms with Crippen molar-refractivity contribution in [3.63, 3.8) is 0 Å². The van der Waals surface area contributed by atoms with Gasteiger partial charge in [0.15, 0.2) is 0 Å². The minimum atomic E-state index is -3.14. The number of sulfonamides is 1. The van der Waals surface area contributed by atoms with E-state index in [1.54, 1.807) is 6.20 Å². The Morgan fingerprint density at radius 1 is 1.32 bits per heavy atom. The average Bonchev–Trinajstić information content (AvgIpc) is 3.15. The standard InChI is InChI=1S/C15H16N4O2S/c1-22(20,21)19-7-4-11(9-19)14-13-10(2-5-16-14)8-18-15-12(13)3-6-17-15/h2-3,5-6,8,11H,4,7,9H2,1H3,(H,17,18). The van der Waals surface area contributed by atoms with Crippen LogP contribution in [-0.4, -0.2) is 47.0 Å². The molecule has 0 saturated carbocycles. The molecule has 1 fully saturated rings. The smallest absolute Gasteiger partial charge is 0.211 e. The first kappa shape index (κ1) is 13.7. The maximum absolute atomic E-state index is 11.7. The van der Waals surface area contributed by atoms with Gasteiger partial charge in [0.05, 0.1) is 11.9 Å². The number of aromatic amines is 1. The highest BCUT2D eigenvalue weighted by molar-refractivity contribution is 7.88. The first-order chi connectivity index (χ1) is 10.5. The minimum absolute atomic E-state index is 0.124. The molecule has 0 aromatic carbocycles. The van der Waals surface area contributed by atoms with Crippen molar-refractivity contribution in [2.24, 2.45) is 0 Å². The van der Waals surface area contributed by atoms with E-state index >= 15 is 0 Å². The van der Waals surface area contributed by atoms with Gasteiger partial charge < -0.3 is 4.98 Å². The van der Waals surface area contributed by atoms with E-state index in [2.05, 4.69) is 15.0 Å². The molecule has 1 aliphatic rings. The molecule has 1 unspecified atom stereocenters. The van der Waals surface area contributed by atoms with E-state index in [9.17, 15) is 8.42 Å². The molecule has 1 aliphatic heterocycles. The van der Waals surface area contributed by atoms with Crippen LogP contribution in [0.2, 0.25) is 0 Å². The molecule has 0 spiro atoms. The van der Waals surface area contributed by atoms with Crippen LogP contribution in [0, 0.1) is 0 Å². The number of rotatable bonds is 2. The Balaban J connectivity index is 1.87. The number of hydrogen-bond donors (Lipinski definition) is 1. The van der Waals surface area contributed by atoms with Gasteiger partial charge in [0.2, 0.25) is 10.0 Å². The average molecular weight is 316 g/mol. The third kappa shape index (κ3) is 2.08. The van der Waals surface area contributed by atoms with Gasteiger partial charge in [0.1, 0.15) is 5.65 Å². The molecule has 3 aromatic heterocycles. The summed E-state index contributed by atoms with van der Waals surface area (Å²) in [5, 5.41) is 3.16. The van der Waals surface area contributed by atoms with Gasteiger partial charge in [-0.25, -0.2) is 17.7 Å². The van der Waals surface area contributed by atoms with Crippen molar-refractivity contribution in [1.82, 2.24) is 19.3 Å². The van der Waals surface area contributed by atoms with E-state index < -0.39 is 10.0 Å². The van der Waals surface area contributed by atoms with Crippen molar-refractivity contribution in [2.45, 2.75) is 12.3 Å². The van der Waals surface area contributed by atoms with Crippen LogP contribution in [0.25, 0.3) is 21.8 Å². The van der Waals surface area contributed by atoms with Crippen molar-refractivity contribution >= 4 is 31.8 Å². The van der Waals surface area contributed by atoms with Gasteiger partial charge in [-0.1, -0.05) is 0 Å². The zero-order chi connectivity index (χ0) is 15.3. The van der Waals surface area contributed by atoms with Gasteiger partial charge in [-0.3, -0.25) is 4.98 Å². The second-order valence-corrected chi connectivity index (χ2v) is 7.75. The topological polar surface area (TPSA) is 79.0 Å². The highest BCUT2D eigenvalue weighted by atomic mass is 32.2. The molecule has 4 heterocycles. The largest absolute Gasteiger partial charge is 0.346 e. The molecule has 114 valence electrons. The lowest BCUT2D eigenvalue weighted by atomic mass is 9.97. The van der Waals surface area contributed by atoms with Crippen molar-refractivity contribution in [1.29, 1.82) is 0 Å². The lowest BCUT2D eigenvalue weighted by molar-refractivity contribution is 0.478. The zero-order valence-corrected chi connectivity index (χ0v) is 13.0. The van der Waals surface area contributed by atoms with E-state index in [0.29, 0.717) is 13.1 Å². The molecule has 0 aliphatic carbocycles. The van der Waals surface area contributed by atoms with Gasteiger partial charge in [-0.2, -0.15) is 0 Å². The second kappa shape index (κ2) is 4.76. The third-order valence-electron chi connectivity index (χ3n) is 4.35. The molecule has 22 heavy (non-hydrogen) atoms. The first-order valence-corrected chi connectivity index (χ1v) is 9.05. The second-order valence-electron chi connectivity index (χ2n) is 5.77. The summed E-state index contributed by atoms with van der Waals surface area (Å²) >= 11 is 0. The van der Waals surface area contributed by atoms with Crippen LogP contribution in [0.1, 0.15) is 18.0 Å². The molecule has 6 nitrogen and oxygen atoms in total. The SMILES string of the molecule is CS(=O)(=O)N1CCC(c2nccc3cnc4[nH]ccc4c23)C1. The quantitative estimate of drug-likeness (QED) is 0.782. The highest BCUT2D eigenvalue weighted by Gasteiger charge is 2.31. The van der Waals surface area contributed by atoms with E-state index in [1.807, 2.05) is 24.5 Å². The molecule has 7 heteroatoms. The fourth-order valence-electron chi connectivity index (χ4n) is 3.26. The van der Waals surface area contributed by atoms with Crippen molar-refractivity contribution in [3.05, 3.63) is 36.4 Å². The van der Waals surface area contributed by atoms with Gasteiger partial charge in [-0.15, -0.1) is 0 Å². The Morgan fingerprint density at radius 3 is 2.95 bits per heavy atom. The van der Waals surface area contributed by atoms with Crippen LogP contribution in [0.15, 0.2) is 30.7 Å². The maximum Gasteiger partial charge on any atom is 0.211 e. The van der Waals surface area contributed by atoms with E-state index in [-0.39, 0.29) is 5.92 Å².